The van der Waals surface area contributed by atoms with Gasteiger partial charge in [-0.15, -0.1) is 12.4 Å². The molecule has 4 heteroatoms. The van der Waals surface area contributed by atoms with Gasteiger partial charge in [-0.3, -0.25) is 0 Å². The van der Waals surface area contributed by atoms with Gasteiger partial charge in [0.1, 0.15) is 0 Å². The van der Waals surface area contributed by atoms with Gasteiger partial charge < -0.3 is 14.8 Å². The molecule has 0 bridgehead atoms. The molecule has 1 atom stereocenters. The van der Waals surface area contributed by atoms with Gasteiger partial charge in [0.25, 0.3) is 0 Å². The Morgan fingerprint density at radius 1 is 0.880 bits per heavy atom. The topological polar surface area (TPSA) is 30.5 Å². The average molecular weight is 364 g/mol. The van der Waals surface area contributed by atoms with Crippen LogP contribution in [0, 0.1) is 0 Å². The maximum atomic E-state index is 5.69. The zero-order valence-corrected chi connectivity index (χ0v) is 16.3. The largest absolute Gasteiger partial charge is 0.490 e. The van der Waals surface area contributed by atoms with Gasteiger partial charge in [-0.1, -0.05) is 36.4 Å². The molecule has 0 amide bonds. The van der Waals surface area contributed by atoms with E-state index in [0.717, 1.165) is 30.9 Å². The molecule has 0 saturated carbocycles. The van der Waals surface area contributed by atoms with Crippen molar-refractivity contribution in [2.45, 2.75) is 46.2 Å². The van der Waals surface area contributed by atoms with Gasteiger partial charge in [-0.05, 0) is 56.9 Å². The fourth-order valence-corrected chi connectivity index (χ4v) is 2.63. The molecule has 0 aliphatic heterocycles. The van der Waals surface area contributed by atoms with Gasteiger partial charge in [-0.25, -0.2) is 0 Å². The Morgan fingerprint density at radius 3 is 2.24 bits per heavy atom. The summed E-state index contributed by atoms with van der Waals surface area (Å²) in [4.78, 5) is 0. The van der Waals surface area contributed by atoms with Gasteiger partial charge >= 0.3 is 0 Å². The Kier molecular flexibility index (Phi) is 10.0. The molecule has 2 aromatic rings. The molecule has 1 unspecified atom stereocenters. The van der Waals surface area contributed by atoms with E-state index in [2.05, 4.69) is 54.7 Å². The molecule has 0 aliphatic carbocycles. The van der Waals surface area contributed by atoms with Crippen LogP contribution in [0.2, 0.25) is 0 Å². The standard InChI is InChI=1S/C21H29NO2.ClH/c1-4-23-20-14-13-19(15-21(20)24-5-2)16-22-17(3)11-12-18-9-7-6-8-10-18;/h6-10,13-15,17,22H,4-5,11-12,16H2,1-3H3;1H. The van der Waals surface area contributed by atoms with E-state index in [0.29, 0.717) is 19.3 Å². The van der Waals surface area contributed by atoms with Gasteiger partial charge in [0, 0.05) is 12.6 Å². The first kappa shape index (κ1) is 21.3. The number of aryl methyl sites for hydroxylation is 1. The fourth-order valence-electron chi connectivity index (χ4n) is 2.63. The van der Waals surface area contributed by atoms with Crippen LogP contribution in [-0.4, -0.2) is 19.3 Å². The second-order valence-electron chi connectivity index (χ2n) is 5.95. The number of rotatable bonds is 10. The minimum absolute atomic E-state index is 0. The Bertz CT molecular complexity index is 604. The molecule has 0 aromatic heterocycles. The Morgan fingerprint density at radius 2 is 1.56 bits per heavy atom. The summed E-state index contributed by atoms with van der Waals surface area (Å²) < 4.78 is 11.3. The lowest BCUT2D eigenvalue weighted by Gasteiger charge is -2.16. The van der Waals surface area contributed by atoms with E-state index in [1.165, 1.54) is 11.1 Å². The van der Waals surface area contributed by atoms with Crippen LogP contribution in [0.4, 0.5) is 0 Å². The molecule has 3 nitrogen and oxygen atoms in total. The molecule has 2 rings (SSSR count). The third-order valence-electron chi connectivity index (χ3n) is 3.97. The maximum absolute atomic E-state index is 5.69. The Hall–Kier alpha value is -1.71. The lowest BCUT2D eigenvalue weighted by Crippen LogP contribution is -2.26. The van der Waals surface area contributed by atoms with Crippen molar-refractivity contribution in [3.63, 3.8) is 0 Å². The number of halogens is 1. The lowest BCUT2D eigenvalue weighted by atomic mass is 10.1. The highest BCUT2D eigenvalue weighted by Crippen LogP contribution is 2.28. The molecule has 0 radical (unpaired) electrons. The average Bonchev–Trinajstić information content (AvgIpc) is 2.61. The van der Waals surface area contributed by atoms with E-state index >= 15 is 0 Å². The highest BCUT2D eigenvalue weighted by atomic mass is 35.5. The van der Waals surface area contributed by atoms with Gasteiger partial charge in [0.05, 0.1) is 13.2 Å². The van der Waals surface area contributed by atoms with Crippen LogP contribution < -0.4 is 14.8 Å². The lowest BCUT2D eigenvalue weighted by molar-refractivity contribution is 0.287. The van der Waals surface area contributed by atoms with Crippen LogP contribution in [0.3, 0.4) is 0 Å². The van der Waals surface area contributed by atoms with Crippen molar-refractivity contribution in [1.29, 1.82) is 0 Å². The first-order chi connectivity index (χ1) is 11.7. The van der Waals surface area contributed by atoms with Crippen molar-refractivity contribution in [1.82, 2.24) is 5.32 Å². The van der Waals surface area contributed by atoms with Crippen LogP contribution in [-0.2, 0) is 13.0 Å². The normalized spacial score (nSPS) is 11.5. The molecule has 25 heavy (non-hydrogen) atoms. The molecule has 0 fully saturated rings. The second-order valence-corrected chi connectivity index (χ2v) is 5.95. The summed E-state index contributed by atoms with van der Waals surface area (Å²) in [7, 11) is 0. The zero-order valence-electron chi connectivity index (χ0n) is 15.5. The van der Waals surface area contributed by atoms with Crippen LogP contribution in [0.1, 0.15) is 38.3 Å². The van der Waals surface area contributed by atoms with Crippen LogP contribution in [0.5, 0.6) is 11.5 Å². The number of hydrogen-bond donors (Lipinski definition) is 1. The predicted molar refractivity (Wildman–Crippen MR) is 107 cm³/mol. The first-order valence-electron chi connectivity index (χ1n) is 8.88. The van der Waals surface area contributed by atoms with Crippen molar-refractivity contribution in [2.75, 3.05) is 13.2 Å². The molecule has 0 saturated heterocycles. The molecular formula is C21H30ClNO2. The third-order valence-corrected chi connectivity index (χ3v) is 3.97. The third kappa shape index (κ3) is 7.37. The Labute approximate surface area is 158 Å². The van der Waals surface area contributed by atoms with Crippen molar-refractivity contribution < 1.29 is 9.47 Å². The van der Waals surface area contributed by atoms with E-state index < -0.39 is 0 Å². The van der Waals surface area contributed by atoms with E-state index in [4.69, 9.17) is 9.47 Å². The summed E-state index contributed by atoms with van der Waals surface area (Å²) in [6.45, 7) is 8.34. The molecule has 0 aliphatic rings. The second kappa shape index (κ2) is 11.8. The summed E-state index contributed by atoms with van der Waals surface area (Å²) in [5, 5.41) is 3.59. The van der Waals surface area contributed by atoms with Crippen LogP contribution in [0.15, 0.2) is 48.5 Å². The fraction of sp³-hybridized carbons (Fsp3) is 0.429. The van der Waals surface area contributed by atoms with E-state index in [1.807, 2.05) is 19.9 Å². The summed E-state index contributed by atoms with van der Waals surface area (Å²) in [6.07, 6.45) is 2.22. The van der Waals surface area contributed by atoms with Gasteiger partial charge in [-0.2, -0.15) is 0 Å². The highest BCUT2D eigenvalue weighted by molar-refractivity contribution is 5.85. The van der Waals surface area contributed by atoms with E-state index in [1.54, 1.807) is 0 Å². The van der Waals surface area contributed by atoms with Gasteiger partial charge in [0.2, 0.25) is 0 Å². The van der Waals surface area contributed by atoms with E-state index in [9.17, 15) is 0 Å². The van der Waals surface area contributed by atoms with Crippen LogP contribution in [0.25, 0.3) is 0 Å². The minimum Gasteiger partial charge on any atom is -0.490 e. The first-order valence-corrected chi connectivity index (χ1v) is 8.88. The SMILES string of the molecule is CCOc1ccc(CNC(C)CCc2ccccc2)cc1OCC.Cl. The van der Waals surface area contributed by atoms with Crippen LogP contribution >= 0.6 is 12.4 Å². The number of benzene rings is 2. The zero-order chi connectivity index (χ0) is 17.2. The number of ether oxygens (including phenoxy) is 2. The summed E-state index contributed by atoms with van der Waals surface area (Å²) in [5.74, 6) is 1.65. The smallest absolute Gasteiger partial charge is 0.161 e. The predicted octanol–water partition coefficient (Wildman–Crippen LogP) is 5.02. The quantitative estimate of drug-likeness (QED) is 0.643. The monoisotopic (exact) mass is 363 g/mol. The minimum atomic E-state index is 0. The molecule has 0 spiro atoms. The van der Waals surface area contributed by atoms with Gasteiger partial charge in [0.15, 0.2) is 11.5 Å². The molecule has 138 valence electrons. The van der Waals surface area contributed by atoms with Crippen molar-refractivity contribution in [2.24, 2.45) is 0 Å². The summed E-state index contributed by atoms with van der Waals surface area (Å²) >= 11 is 0. The number of nitrogens with one attached hydrogen (secondary N) is 1. The molecule has 2 aromatic carbocycles. The molecule has 0 heterocycles. The highest BCUT2D eigenvalue weighted by Gasteiger charge is 2.07. The van der Waals surface area contributed by atoms with Crippen molar-refractivity contribution in [3.8, 4) is 11.5 Å². The Balaban J connectivity index is 0.00000312. The summed E-state index contributed by atoms with van der Waals surface area (Å²) in [6, 6.07) is 17.3. The van der Waals surface area contributed by atoms with Crippen molar-refractivity contribution in [3.05, 3.63) is 59.7 Å². The van der Waals surface area contributed by atoms with E-state index in [-0.39, 0.29) is 12.4 Å². The van der Waals surface area contributed by atoms with Crippen molar-refractivity contribution >= 4 is 12.4 Å². The maximum Gasteiger partial charge on any atom is 0.161 e. The molecule has 1 N–H and O–H groups in total. The molecular weight excluding hydrogens is 334 g/mol. The number of hydrogen-bond acceptors (Lipinski definition) is 3. The summed E-state index contributed by atoms with van der Waals surface area (Å²) in [5.41, 5.74) is 2.61.